The van der Waals surface area contributed by atoms with Crippen molar-refractivity contribution < 1.29 is 42.5 Å². The number of carbonyl (C=O) groups excluding carboxylic acids is 3. The fourth-order valence-corrected chi connectivity index (χ4v) is 3.04. The lowest BCUT2D eigenvalue weighted by atomic mass is 10.1. The average molecular weight is 484 g/mol. The van der Waals surface area contributed by atoms with Gasteiger partial charge in [-0.15, -0.1) is 0 Å². The number of furan rings is 1. The normalized spacial score (nSPS) is 10.2. The molecule has 1 aromatic heterocycles. The van der Waals surface area contributed by atoms with Crippen LogP contribution in [0.3, 0.4) is 0 Å². The number of hydrogen-bond donors (Lipinski definition) is 2. The average Bonchev–Trinajstić information content (AvgIpc) is 3.42. The molecule has 0 unspecified atom stereocenters. The number of methoxy groups -OCH3 is 4. The topological polar surface area (TPSA) is 135 Å². The Balaban J connectivity index is 1.76. The summed E-state index contributed by atoms with van der Waals surface area (Å²) in [6.45, 7) is -0.603. The molecule has 35 heavy (non-hydrogen) atoms. The van der Waals surface area contributed by atoms with Crippen molar-refractivity contribution in [2.75, 3.05) is 45.7 Å². The number of esters is 1. The van der Waals surface area contributed by atoms with E-state index in [0.29, 0.717) is 17.2 Å². The summed E-state index contributed by atoms with van der Waals surface area (Å²) >= 11 is 0. The monoisotopic (exact) mass is 484 g/mol. The molecular weight excluding hydrogens is 460 g/mol. The number of carbonyl (C=O) groups is 3. The molecule has 3 rings (SSSR count). The van der Waals surface area contributed by atoms with Gasteiger partial charge < -0.3 is 38.7 Å². The highest BCUT2D eigenvalue weighted by Crippen LogP contribution is 2.34. The van der Waals surface area contributed by atoms with Crippen LogP contribution in [-0.4, -0.2) is 52.8 Å². The molecule has 0 spiro atoms. The zero-order valence-corrected chi connectivity index (χ0v) is 19.5. The van der Waals surface area contributed by atoms with Gasteiger partial charge in [-0.3, -0.25) is 9.59 Å². The summed E-state index contributed by atoms with van der Waals surface area (Å²) in [4.78, 5) is 37.7. The first-order valence-electron chi connectivity index (χ1n) is 10.2. The standard InChI is InChI=1S/C24H24N2O9/c1-30-14-7-8-16(19(10-14)31-2)25-22(27)13-35-24(29)15-11-20(32-3)21(33-4)12-17(15)26-23(28)18-6-5-9-34-18/h5-12H,13H2,1-4H3,(H,25,27)(H,26,28). The van der Waals surface area contributed by atoms with E-state index in [1.54, 1.807) is 24.3 Å². The van der Waals surface area contributed by atoms with Crippen molar-refractivity contribution in [3.8, 4) is 23.0 Å². The fraction of sp³-hybridized carbons (Fsp3) is 0.208. The first-order chi connectivity index (χ1) is 16.9. The zero-order valence-electron chi connectivity index (χ0n) is 19.5. The van der Waals surface area contributed by atoms with E-state index < -0.39 is 24.4 Å². The van der Waals surface area contributed by atoms with Crippen LogP contribution in [0, 0.1) is 0 Å². The van der Waals surface area contributed by atoms with Crippen molar-refractivity contribution in [2.45, 2.75) is 0 Å². The molecule has 184 valence electrons. The minimum atomic E-state index is -0.877. The molecule has 3 aromatic rings. The van der Waals surface area contributed by atoms with E-state index in [-0.39, 0.29) is 28.5 Å². The Labute approximate surface area is 200 Å². The van der Waals surface area contributed by atoms with Gasteiger partial charge in [0.25, 0.3) is 11.8 Å². The second-order valence-electron chi connectivity index (χ2n) is 6.87. The zero-order chi connectivity index (χ0) is 25.4. The largest absolute Gasteiger partial charge is 0.497 e. The molecule has 0 aliphatic carbocycles. The molecule has 2 N–H and O–H groups in total. The van der Waals surface area contributed by atoms with Crippen LogP contribution in [-0.2, 0) is 9.53 Å². The lowest BCUT2D eigenvalue weighted by molar-refractivity contribution is -0.119. The fourth-order valence-electron chi connectivity index (χ4n) is 3.04. The van der Waals surface area contributed by atoms with Gasteiger partial charge >= 0.3 is 5.97 Å². The van der Waals surface area contributed by atoms with Gasteiger partial charge in [0.1, 0.15) is 11.5 Å². The van der Waals surface area contributed by atoms with E-state index in [4.69, 9.17) is 28.1 Å². The molecule has 0 saturated heterocycles. The van der Waals surface area contributed by atoms with Crippen LogP contribution in [0.15, 0.2) is 53.1 Å². The van der Waals surface area contributed by atoms with Gasteiger partial charge in [0.15, 0.2) is 23.9 Å². The number of benzene rings is 2. The molecule has 0 atom stereocenters. The molecule has 0 bridgehead atoms. The number of ether oxygens (including phenoxy) is 5. The number of hydrogen-bond acceptors (Lipinski definition) is 9. The highest BCUT2D eigenvalue weighted by atomic mass is 16.5. The highest BCUT2D eigenvalue weighted by molar-refractivity contribution is 6.07. The molecule has 11 heteroatoms. The lowest BCUT2D eigenvalue weighted by Gasteiger charge is -2.15. The molecular formula is C24H24N2O9. The van der Waals surface area contributed by atoms with Crippen molar-refractivity contribution in [2.24, 2.45) is 0 Å². The Bertz CT molecular complexity index is 1210. The summed E-state index contributed by atoms with van der Waals surface area (Å²) in [5, 5.41) is 5.18. The van der Waals surface area contributed by atoms with E-state index in [0.717, 1.165) is 0 Å². The van der Waals surface area contributed by atoms with Crippen molar-refractivity contribution >= 4 is 29.2 Å². The van der Waals surface area contributed by atoms with Crippen molar-refractivity contribution in [3.63, 3.8) is 0 Å². The third-order valence-electron chi connectivity index (χ3n) is 4.75. The smallest absolute Gasteiger partial charge is 0.340 e. The molecule has 0 fully saturated rings. The Morgan fingerprint density at radius 1 is 0.800 bits per heavy atom. The Morgan fingerprint density at radius 3 is 2.14 bits per heavy atom. The summed E-state index contributed by atoms with van der Waals surface area (Å²) in [5.41, 5.74) is 0.385. The van der Waals surface area contributed by atoms with E-state index >= 15 is 0 Å². The highest BCUT2D eigenvalue weighted by Gasteiger charge is 2.22. The number of nitrogens with one attached hydrogen (secondary N) is 2. The second-order valence-corrected chi connectivity index (χ2v) is 6.87. The van der Waals surface area contributed by atoms with E-state index in [1.807, 2.05) is 0 Å². The maximum Gasteiger partial charge on any atom is 0.340 e. The number of amides is 2. The van der Waals surface area contributed by atoms with Crippen molar-refractivity contribution in [1.29, 1.82) is 0 Å². The van der Waals surface area contributed by atoms with Gasteiger partial charge in [0.2, 0.25) is 0 Å². The van der Waals surface area contributed by atoms with Crippen LogP contribution in [0.2, 0.25) is 0 Å². The molecule has 0 radical (unpaired) electrons. The van der Waals surface area contributed by atoms with Crippen LogP contribution in [0.4, 0.5) is 11.4 Å². The summed E-state index contributed by atoms with van der Waals surface area (Å²) < 4.78 is 31.1. The minimum Gasteiger partial charge on any atom is -0.497 e. The summed E-state index contributed by atoms with van der Waals surface area (Å²) in [6, 6.07) is 10.6. The van der Waals surface area contributed by atoms with Crippen LogP contribution >= 0.6 is 0 Å². The summed E-state index contributed by atoms with van der Waals surface area (Å²) in [6.07, 6.45) is 1.34. The first-order valence-corrected chi connectivity index (χ1v) is 10.2. The van der Waals surface area contributed by atoms with E-state index in [9.17, 15) is 14.4 Å². The van der Waals surface area contributed by atoms with E-state index in [2.05, 4.69) is 10.6 Å². The number of anilines is 2. The quantitative estimate of drug-likeness (QED) is 0.415. The molecule has 0 aliphatic heterocycles. The van der Waals surface area contributed by atoms with Gasteiger partial charge in [0.05, 0.1) is 51.6 Å². The van der Waals surface area contributed by atoms with E-state index in [1.165, 1.54) is 52.9 Å². The Hall–Kier alpha value is -4.67. The van der Waals surface area contributed by atoms with Gasteiger partial charge in [-0.25, -0.2) is 4.79 Å². The predicted octanol–water partition coefficient (Wildman–Crippen LogP) is 3.36. The second kappa shape index (κ2) is 11.5. The molecule has 0 saturated carbocycles. The number of rotatable bonds is 10. The molecule has 1 heterocycles. The van der Waals surface area contributed by atoms with Gasteiger partial charge in [-0.2, -0.15) is 0 Å². The maximum absolute atomic E-state index is 12.9. The van der Waals surface area contributed by atoms with Gasteiger partial charge in [-0.05, 0) is 24.3 Å². The Morgan fingerprint density at radius 2 is 1.51 bits per heavy atom. The third-order valence-corrected chi connectivity index (χ3v) is 4.75. The van der Waals surface area contributed by atoms with Gasteiger partial charge in [-0.1, -0.05) is 0 Å². The lowest BCUT2D eigenvalue weighted by Crippen LogP contribution is -2.22. The first kappa shape index (κ1) is 25.0. The molecule has 2 aromatic carbocycles. The molecule has 2 amide bonds. The van der Waals surface area contributed by atoms with Crippen LogP contribution in [0.1, 0.15) is 20.9 Å². The summed E-state index contributed by atoms with van der Waals surface area (Å²) in [5.74, 6) is -0.643. The van der Waals surface area contributed by atoms with Crippen LogP contribution in [0.25, 0.3) is 0 Å². The predicted molar refractivity (Wildman–Crippen MR) is 125 cm³/mol. The van der Waals surface area contributed by atoms with Crippen LogP contribution < -0.4 is 29.6 Å². The molecule has 0 aliphatic rings. The summed E-state index contributed by atoms with van der Waals surface area (Å²) in [7, 11) is 5.75. The minimum absolute atomic E-state index is 0.0342. The van der Waals surface area contributed by atoms with Crippen molar-refractivity contribution in [3.05, 3.63) is 60.1 Å². The van der Waals surface area contributed by atoms with Crippen LogP contribution in [0.5, 0.6) is 23.0 Å². The SMILES string of the molecule is COc1ccc(NC(=O)COC(=O)c2cc(OC)c(OC)cc2NC(=O)c2ccco2)c(OC)c1. The maximum atomic E-state index is 12.9. The molecule has 11 nitrogen and oxygen atoms in total. The van der Waals surface area contributed by atoms with Crippen molar-refractivity contribution in [1.82, 2.24) is 0 Å². The third kappa shape index (κ3) is 6.02. The van der Waals surface area contributed by atoms with Gasteiger partial charge in [0, 0.05) is 18.2 Å². The Kier molecular flexibility index (Phi) is 8.17.